The normalized spacial score (nSPS) is 12.4. The number of aryl methyl sites for hydroxylation is 3. The predicted molar refractivity (Wildman–Crippen MR) is 139 cm³/mol. The minimum Gasteiger partial charge on any atom is -0.455 e. The van der Waals surface area contributed by atoms with E-state index in [9.17, 15) is 0 Å². The van der Waals surface area contributed by atoms with Gasteiger partial charge in [0.1, 0.15) is 24.4 Å². The molecule has 6 aromatic rings. The van der Waals surface area contributed by atoms with E-state index in [1.165, 1.54) is 17.2 Å². The van der Waals surface area contributed by atoms with E-state index in [0.717, 1.165) is 61.1 Å². The molecule has 0 aliphatic carbocycles. The van der Waals surface area contributed by atoms with Crippen molar-refractivity contribution < 1.29 is 13.7 Å². The predicted octanol–water partition coefficient (Wildman–Crippen LogP) is 7.60. The topological polar surface area (TPSA) is 18.0 Å². The molecule has 0 N–H and O–H groups in total. The summed E-state index contributed by atoms with van der Waals surface area (Å²) in [7, 11) is 2.08. The summed E-state index contributed by atoms with van der Waals surface area (Å²) >= 11 is 0. The lowest BCUT2D eigenvalue weighted by atomic mass is 9.91. The van der Waals surface area contributed by atoms with Crippen LogP contribution < -0.4 is 9.30 Å². The zero-order chi connectivity index (χ0) is 24.0. The highest BCUT2D eigenvalue weighted by molar-refractivity contribution is 6.10. The van der Waals surface area contributed by atoms with Crippen LogP contribution in [0.15, 0.2) is 72.9 Å². The first kappa shape index (κ1) is 20.2. The van der Waals surface area contributed by atoms with Crippen LogP contribution in [0, 0.1) is 26.6 Å². The van der Waals surface area contributed by atoms with Crippen LogP contribution in [0.4, 0.5) is 4.39 Å². The van der Waals surface area contributed by atoms with Crippen LogP contribution >= 0.6 is 0 Å². The molecule has 3 nitrogen and oxygen atoms in total. The summed E-state index contributed by atoms with van der Waals surface area (Å²) in [5.41, 5.74) is 8.34. The summed E-state index contributed by atoms with van der Waals surface area (Å²) in [5, 5.41) is 4.09. The minimum absolute atomic E-state index is 0.235. The number of rotatable bonds is 1. The number of nitrogens with zero attached hydrogens (tertiary/aromatic N) is 2. The second kappa shape index (κ2) is 6.92. The van der Waals surface area contributed by atoms with Gasteiger partial charge < -0.3 is 9.30 Å². The third kappa shape index (κ3) is 2.62. The molecule has 170 valence electrons. The maximum Gasteiger partial charge on any atom is 0.228 e. The molecule has 1 aliphatic rings. The molecule has 0 bridgehead atoms. The Kier molecular flexibility index (Phi) is 4.00. The Morgan fingerprint density at radius 1 is 0.857 bits per heavy atom. The van der Waals surface area contributed by atoms with Gasteiger partial charge in [-0.2, -0.15) is 0 Å². The molecule has 0 radical (unpaired) electrons. The molecule has 0 saturated heterocycles. The Bertz CT molecular complexity index is 1880. The minimum atomic E-state index is -0.235. The average Bonchev–Trinajstić information content (AvgIpc) is 3.20. The number of hydrogen-bond donors (Lipinski definition) is 0. The van der Waals surface area contributed by atoms with Gasteiger partial charge in [-0.05, 0) is 55.7 Å². The van der Waals surface area contributed by atoms with Gasteiger partial charge in [-0.25, -0.2) is 8.96 Å². The second-order valence-corrected chi connectivity index (χ2v) is 9.61. The second-order valence-electron chi connectivity index (χ2n) is 9.61. The molecule has 0 fully saturated rings. The van der Waals surface area contributed by atoms with Crippen LogP contribution in [0.25, 0.3) is 49.5 Å². The van der Waals surface area contributed by atoms with Gasteiger partial charge >= 0.3 is 0 Å². The zero-order valence-corrected chi connectivity index (χ0v) is 20.1. The van der Waals surface area contributed by atoms with Gasteiger partial charge in [0.2, 0.25) is 5.69 Å². The Morgan fingerprint density at radius 3 is 2.51 bits per heavy atom. The number of pyridine rings is 1. The van der Waals surface area contributed by atoms with Crippen molar-refractivity contribution in [3.05, 3.63) is 95.4 Å². The summed E-state index contributed by atoms with van der Waals surface area (Å²) in [4.78, 5) is 0. The number of para-hydroxylation sites is 2. The lowest BCUT2D eigenvalue weighted by molar-refractivity contribution is -0.659. The van der Waals surface area contributed by atoms with Gasteiger partial charge in [0.05, 0.1) is 27.7 Å². The number of hydrogen-bond acceptors (Lipinski definition) is 1. The van der Waals surface area contributed by atoms with Crippen molar-refractivity contribution in [1.82, 2.24) is 4.57 Å². The van der Waals surface area contributed by atoms with Gasteiger partial charge in [0.25, 0.3) is 0 Å². The highest BCUT2D eigenvalue weighted by Crippen LogP contribution is 2.49. The lowest BCUT2D eigenvalue weighted by Gasteiger charge is -2.24. The van der Waals surface area contributed by atoms with E-state index in [1.54, 1.807) is 6.07 Å². The molecule has 0 atom stereocenters. The molecule has 0 unspecified atom stereocenters. The molecule has 0 amide bonds. The smallest absolute Gasteiger partial charge is 0.228 e. The number of ether oxygens (including phenoxy) is 1. The van der Waals surface area contributed by atoms with Crippen molar-refractivity contribution in [1.29, 1.82) is 0 Å². The number of aromatic nitrogens is 2. The summed E-state index contributed by atoms with van der Waals surface area (Å²) < 4.78 is 26.1. The molecule has 7 rings (SSSR count). The van der Waals surface area contributed by atoms with Gasteiger partial charge in [-0.15, -0.1) is 0 Å². The van der Waals surface area contributed by atoms with E-state index in [4.69, 9.17) is 4.74 Å². The maximum absolute atomic E-state index is 15.3. The van der Waals surface area contributed by atoms with Crippen LogP contribution in [0.5, 0.6) is 11.5 Å². The highest BCUT2D eigenvalue weighted by atomic mass is 19.1. The fourth-order valence-electron chi connectivity index (χ4n) is 5.80. The van der Waals surface area contributed by atoms with E-state index in [0.29, 0.717) is 5.52 Å². The lowest BCUT2D eigenvalue weighted by Crippen LogP contribution is -2.32. The first-order valence-corrected chi connectivity index (χ1v) is 11.9. The van der Waals surface area contributed by atoms with Crippen LogP contribution in [0.1, 0.15) is 16.7 Å². The van der Waals surface area contributed by atoms with Crippen molar-refractivity contribution in [2.24, 2.45) is 7.05 Å². The van der Waals surface area contributed by atoms with Gasteiger partial charge in [-0.1, -0.05) is 36.4 Å². The van der Waals surface area contributed by atoms with Crippen LogP contribution in [-0.4, -0.2) is 4.57 Å². The first-order chi connectivity index (χ1) is 16.9. The largest absolute Gasteiger partial charge is 0.455 e. The molecular formula is C31H24FN2O+. The average molecular weight is 460 g/mol. The van der Waals surface area contributed by atoms with Crippen LogP contribution in [0.3, 0.4) is 0 Å². The van der Waals surface area contributed by atoms with E-state index >= 15 is 4.39 Å². The number of benzene rings is 4. The number of fused-ring (bicyclic) bond motifs is 5. The molecule has 2 aromatic heterocycles. The van der Waals surface area contributed by atoms with E-state index in [2.05, 4.69) is 68.9 Å². The molecule has 4 heteroatoms. The van der Waals surface area contributed by atoms with E-state index < -0.39 is 0 Å². The maximum atomic E-state index is 15.3. The molecule has 3 heterocycles. The van der Waals surface area contributed by atoms with E-state index in [-0.39, 0.29) is 5.82 Å². The molecule has 35 heavy (non-hydrogen) atoms. The van der Waals surface area contributed by atoms with Crippen LogP contribution in [-0.2, 0) is 7.05 Å². The monoisotopic (exact) mass is 459 g/mol. The quantitative estimate of drug-likeness (QED) is 0.231. The van der Waals surface area contributed by atoms with E-state index in [1.807, 2.05) is 28.8 Å². The molecule has 0 saturated carbocycles. The van der Waals surface area contributed by atoms with Crippen molar-refractivity contribution in [3.63, 3.8) is 0 Å². The van der Waals surface area contributed by atoms with Crippen molar-refractivity contribution in [3.8, 4) is 28.4 Å². The third-order valence-electron chi connectivity index (χ3n) is 7.52. The standard InChI is InChI=1S/C31H24FN2O/c1-17-14-18(2)31-27(19(17)3)30-28-20(12-13-33(30)4)15-21(16-26(28)35-31)34-25-11-6-5-8-22(25)23-9-7-10-24(32)29(23)34/h5-16H,1-4H3/q+1. The summed E-state index contributed by atoms with van der Waals surface area (Å²) in [6.07, 6.45) is 2.10. The Hall–Kier alpha value is -4.18. The fourth-order valence-corrected chi connectivity index (χ4v) is 5.80. The van der Waals surface area contributed by atoms with Crippen molar-refractivity contribution in [2.45, 2.75) is 20.8 Å². The van der Waals surface area contributed by atoms with Crippen molar-refractivity contribution >= 4 is 32.6 Å². The highest BCUT2D eigenvalue weighted by Gasteiger charge is 2.31. The Labute approximate surface area is 202 Å². The molecule has 4 aromatic carbocycles. The summed E-state index contributed by atoms with van der Waals surface area (Å²) in [5.74, 6) is 1.46. The van der Waals surface area contributed by atoms with Crippen molar-refractivity contribution in [2.75, 3.05) is 0 Å². The Balaban J connectivity index is 1.62. The molecule has 0 spiro atoms. The van der Waals surface area contributed by atoms with Gasteiger partial charge in [0.15, 0.2) is 6.20 Å². The van der Waals surface area contributed by atoms with Crippen LogP contribution in [0.2, 0.25) is 0 Å². The number of halogens is 1. The summed E-state index contributed by atoms with van der Waals surface area (Å²) in [6.45, 7) is 6.41. The fraction of sp³-hybridized carbons (Fsp3) is 0.129. The third-order valence-corrected chi connectivity index (χ3v) is 7.52. The SMILES string of the molecule is Cc1cc(C)c2c(c1C)-c1c3c(cc(-n4c5ccccc5c5cccc(F)c54)cc3cc[n+]1C)O2. The summed E-state index contributed by atoms with van der Waals surface area (Å²) in [6, 6.07) is 21.9. The van der Waals surface area contributed by atoms with Gasteiger partial charge in [0, 0.05) is 28.3 Å². The molecular weight excluding hydrogens is 435 g/mol. The zero-order valence-electron chi connectivity index (χ0n) is 20.1. The molecule has 1 aliphatic heterocycles. The first-order valence-electron chi connectivity index (χ1n) is 11.9. The Morgan fingerprint density at radius 2 is 1.66 bits per heavy atom. The van der Waals surface area contributed by atoms with Gasteiger partial charge in [-0.3, -0.25) is 0 Å².